The Bertz CT molecular complexity index is 278. The molecule has 0 heterocycles. The van der Waals surface area contributed by atoms with Crippen molar-refractivity contribution in [2.75, 3.05) is 6.54 Å². The standard InChI is InChI=1S/C15H30N2O2/c1-11-5-7-12(8-6-11)9-13(16)10-17-14(18)19-15(2,3)4/h11-13H,5-10,16H2,1-4H3,(H,17,18). The summed E-state index contributed by atoms with van der Waals surface area (Å²) in [5.41, 5.74) is 5.63. The number of ether oxygens (including phenoxy) is 1. The van der Waals surface area contributed by atoms with E-state index in [0.717, 1.165) is 18.3 Å². The fraction of sp³-hybridized carbons (Fsp3) is 0.933. The lowest BCUT2D eigenvalue weighted by molar-refractivity contribution is 0.0522. The number of alkyl carbamates (subject to hydrolysis) is 1. The summed E-state index contributed by atoms with van der Waals surface area (Å²) >= 11 is 0. The largest absolute Gasteiger partial charge is 0.444 e. The molecule has 0 aromatic rings. The molecule has 4 nitrogen and oxygen atoms in total. The second-order valence-electron chi connectivity index (χ2n) is 7.00. The van der Waals surface area contributed by atoms with Crippen LogP contribution in [0.15, 0.2) is 0 Å². The maximum absolute atomic E-state index is 11.5. The normalized spacial score (nSPS) is 25.7. The molecule has 1 rings (SSSR count). The zero-order chi connectivity index (χ0) is 14.5. The summed E-state index contributed by atoms with van der Waals surface area (Å²) in [5.74, 6) is 1.60. The van der Waals surface area contributed by atoms with E-state index < -0.39 is 5.60 Å². The molecule has 0 aromatic heterocycles. The highest BCUT2D eigenvalue weighted by Crippen LogP contribution is 2.30. The lowest BCUT2D eigenvalue weighted by Crippen LogP contribution is -2.41. The average Bonchev–Trinajstić information content (AvgIpc) is 2.27. The number of hydrogen-bond acceptors (Lipinski definition) is 3. The monoisotopic (exact) mass is 270 g/mol. The molecule has 1 saturated carbocycles. The van der Waals surface area contributed by atoms with Crippen molar-refractivity contribution in [2.24, 2.45) is 17.6 Å². The molecule has 0 bridgehead atoms. The van der Waals surface area contributed by atoms with Gasteiger partial charge >= 0.3 is 6.09 Å². The predicted octanol–water partition coefficient (Wildman–Crippen LogP) is 3.05. The summed E-state index contributed by atoms with van der Waals surface area (Å²) in [4.78, 5) is 11.5. The minimum atomic E-state index is -0.451. The van der Waals surface area contributed by atoms with E-state index in [1.165, 1.54) is 25.7 Å². The number of nitrogens with one attached hydrogen (secondary N) is 1. The SMILES string of the molecule is CC1CCC(CC(N)CNC(=O)OC(C)(C)C)CC1. The predicted molar refractivity (Wildman–Crippen MR) is 78.0 cm³/mol. The Labute approximate surface area is 117 Å². The maximum Gasteiger partial charge on any atom is 0.407 e. The number of carbonyl (C=O) groups is 1. The Balaban J connectivity index is 2.17. The fourth-order valence-corrected chi connectivity index (χ4v) is 2.60. The number of hydrogen-bond donors (Lipinski definition) is 2. The van der Waals surface area contributed by atoms with Crippen LogP contribution in [0.2, 0.25) is 0 Å². The van der Waals surface area contributed by atoms with Gasteiger partial charge in [-0.25, -0.2) is 4.79 Å². The molecule has 1 aliphatic carbocycles. The minimum Gasteiger partial charge on any atom is -0.444 e. The Hall–Kier alpha value is -0.770. The van der Waals surface area contributed by atoms with Crippen LogP contribution in [-0.4, -0.2) is 24.3 Å². The highest BCUT2D eigenvalue weighted by molar-refractivity contribution is 5.67. The van der Waals surface area contributed by atoms with Crippen molar-refractivity contribution >= 4 is 6.09 Å². The van der Waals surface area contributed by atoms with Gasteiger partial charge in [0.25, 0.3) is 0 Å². The van der Waals surface area contributed by atoms with Crippen LogP contribution in [0.25, 0.3) is 0 Å². The van der Waals surface area contributed by atoms with Crippen LogP contribution in [0.3, 0.4) is 0 Å². The van der Waals surface area contributed by atoms with Gasteiger partial charge < -0.3 is 15.8 Å². The van der Waals surface area contributed by atoms with Gasteiger partial charge in [-0.3, -0.25) is 0 Å². The van der Waals surface area contributed by atoms with E-state index in [9.17, 15) is 4.79 Å². The molecule has 1 unspecified atom stereocenters. The molecule has 0 aromatic carbocycles. The Morgan fingerprint density at radius 1 is 1.32 bits per heavy atom. The van der Waals surface area contributed by atoms with Crippen molar-refractivity contribution in [2.45, 2.75) is 71.4 Å². The van der Waals surface area contributed by atoms with Crippen molar-refractivity contribution in [3.05, 3.63) is 0 Å². The average molecular weight is 270 g/mol. The molecule has 0 aliphatic heterocycles. The minimum absolute atomic E-state index is 0.0333. The zero-order valence-electron chi connectivity index (χ0n) is 12.9. The molecule has 0 radical (unpaired) electrons. The molecular weight excluding hydrogens is 240 g/mol. The van der Waals surface area contributed by atoms with Crippen LogP contribution in [0.1, 0.15) is 59.8 Å². The van der Waals surface area contributed by atoms with Crippen molar-refractivity contribution in [3.8, 4) is 0 Å². The molecule has 0 spiro atoms. The summed E-state index contributed by atoms with van der Waals surface area (Å²) in [6, 6.07) is 0.0333. The highest BCUT2D eigenvalue weighted by atomic mass is 16.6. The van der Waals surface area contributed by atoms with Crippen molar-refractivity contribution in [1.29, 1.82) is 0 Å². The summed E-state index contributed by atoms with van der Waals surface area (Å²) in [6.45, 7) is 8.39. The van der Waals surface area contributed by atoms with Crippen LogP contribution in [0.5, 0.6) is 0 Å². The van der Waals surface area contributed by atoms with Gasteiger partial charge in [-0.05, 0) is 39.0 Å². The molecule has 1 fully saturated rings. The molecule has 112 valence electrons. The van der Waals surface area contributed by atoms with Crippen LogP contribution in [0, 0.1) is 11.8 Å². The van der Waals surface area contributed by atoms with E-state index in [4.69, 9.17) is 10.5 Å². The van der Waals surface area contributed by atoms with E-state index >= 15 is 0 Å². The van der Waals surface area contributed by atoms with Gasteiger partial charge in [-0.1, -0.05) is 32.6 Å². The number of nitrogens with two attached hydrogens (primary N) is 1. The van der Waals surface area contributed by atoms with Gasteiger partial charge in [0.15, 0.2) is 0 Å². The first-order chi connectivity index (χ1) is 8.76. The van der Waals surface area contributed by atoms with Crippen molar-refractivity contribution in [1.82, 2.24) is 5.32 Å². The first-order valence-corrected chi connectivity index (χ1v) is 7.48. The van der Waals surface area contributed by atoms with Gasteiger partial charge in [-0.2, -0.15) is 0 Å². The Morgan fingerprint density at radius 2 is 1.89 bits per heavy atom. The summed E-state index contributed by atoms with van der Waals surface area (Å²) in [6.07, 6.45) is 5.82. The molecule has 1 aliphatic rings. The second-order valence-corrected chi connectivity index (χ2v) is 7.00. The van der Waals surface area contributed by atoms with Gasteiger partial charge in [0, 0.05) is 12.6 Å². The third-order valence-corrected chi connectivity index (χ3v) is 3.68. The molecule has 0 saturated heterocycles. The molecule has 19 heavy (non-hydrogen) atoms. The molecule has 1 amide bonds. The quantitative estimate of drug-likeness (QED) is 0.825. The Kier molecular flexibility index (Phi) is 6.11. The summed E-state index contributed by atoms with van der Waals surface area (Å²) in [7, 11) is 0. The van der Waals surface area contributed by atoms with Gasteiger partial charge in [0.2, 0.25) is 0 Å². The lowest BCUT2D eigenvalue weighted by atomic mass is 9.80. The molecule has 3 N–H and O–H groups in total. The molecule has 4 heteroatoms. The maximum atomic E-state index is 11.5. The number of rotatable bonds is 4. The smallest absolute Gasteiger partial charge is 0.407 e. The highest BCUT2D eigenvalue weighted by Gasteiger charge is 2.21. The van der Waals surface area contributed by atoms with E-state index in [1.807, 2.05) is 20.8 Å². The van der Waals surface area contributed by atoms with Crippen LogP contribution in [-0.2, 0) is 4.74 Å². The van der Waals surface area contributed by atoms with Crippen LogP contribution < -0.4 is 11.1 Å². The first kappa shape index (κ1) is 16.3. The topological polar surface area (TPSA) is 64.3 Å². The van der Waals surface area contributed by atoms with E-state index in [-0.39, 0.29) is 12.1 Å². The van der Waals surface area contributed by atoms with Gasteiger partial charge in [0.05, 0.1) is 0 Å². The van der Waals surface area contributed by atoms with Crippen LogP contribution in [0.4, 0.5) is 4.79 Å². The van der Waals surface area contributed by atoms with E-state index in [0.29, 0.717) is 6.54 Å². The second kappa shape index (κ2) is 7.13. The number of amides is 1. The third-order valence-electron chi connectivity index (χ3n) is 3.68. The van der Waals surface area contributed by atoms with Crippen LogP contribution >= 0.6 is 0 Å². The van der Waals surface area contributed by atoms with E-state index in [1.54, 1.807) is 0 Å². The third kappa shape index (κ3) is 7.41. The molecular formula is C15H30N2O2. The first-order valence-electron chi connectivity index (χ1n) is 7.48. The van der Waals surface area contributed by atoms with E-state index in [2.05, 4.69) is 12.2 Å². The fourth-order valence-electron chi connectivity index (χ4n) is 2.60. The van der Waals surface area contributed by atoms with Gasteiger partial charge in [-0.15, -0.1) is 0 Å². The summed E-state index contributed by atoms with van der Waals surface area (Å²) < 4.78 is 5.19. The van der Waals surface area contributed by atoms with Crippen molar-refractivity contribution in [3.63, 3.8) is 0 Å². The van der Waals surface area contributed by atoms with Gasteiger partial charge in [0.1, 0.15) is 5.60 Å². The Morgan fingerprint density at radius 3 is 2.42 bits per heavy atom. The molecule has 1 atom stereocenters. The lowest BCUT2D eigenvalue weighted by Gasteiger charge is -2.28. The number of carbonyl (C=O) groups excluding carboxylic acids is 1. The van der Waals surface area contributed by atoms with Crippen molar-refractivity contribution < 1.29 is 9.53 Å². The zero-order valence-corrected chi connectivity index (χ0v) is 12.9. The summed E-state index contributed by atoms with van der Waals surface area (Å²) in [5, 5.41) is 2.75.